The number of hydrogen-bond acceptors (Lipinski definition) is 4. The molecule has 0 fully saturated rings. The van der Waals surface area contributed by atoms with Crippen molar-refractivity contribution >= 4 is 39.7 Å². The Bertz CT molecular complexity index is 517. The number of anilines is 1. The highest BCUT2D eigenvalue weighted by Gasteiger charge is 2.17. The molecule has 0 aliphatic rings. The molecule has 4 nitrogen and oxygen atoms in total. The van der Waals surface area contributed by atoms with Gasteiger partial charge < -0.3 is 5.73 Å². The number of nitrogen functional groups attached to an aromatic ring is 1. The average molecular weight is 348 g/mol. The van der Waals surface area contributed by atoms with Crippen LogP contribution in [0.4, 0.5) is 5.82 Å². The molecule has 0 saturated carbocycles. The van der Waals surface area contributed by atoms with Crippen molar-refractivity contribution in [2.24, 2.45) is 0 Å². The van der Waals surface area contributed by atoms with Crippen molar-refractivity contribution in [3.63, 3.8) is 0 Å². The summed E-state index contributed by atoms with van der Waals surface area (Å²) in [4.78, 5) is 4.47. The van der Waals surface area contributed by atoms with E-state index in [9.17, 15) is 0 Å². The van der Waals surface area contributed by atoms with E-state index in [0.29, 0.717) is 0 Å². The van der Waals surface area contributed by atoms with Crippen molar-refractivity contribution in [1.29, 1.82) is 0 Å². The smallest absolute Gasteiger partial charge is 0.136 e. The summed E-state index contributed by atoms with van der Waals surface area (Å²) in [7, 11) is 0. The number of nitrogens with zero attached hydrogens (tertiary/aromatic N) is 3. The molecule has 2 rings (SSSR count). The summed E-state index contributed by atoms with van der Waals surface area (Å²) in [5.41, 5.74) is 8.01. The minimum atomic E-state index is 0.0900. The summed E-state index contributed by atoms with van der Waals surface area (Å²) in [5.74, 6) is 0.719. The van der Waals surface area contributed by atoms with Crippen molar-refractivity contribution in [2.45, 2.75) is 26.8 Å². The molecule has 0 spiro atoms. The van der Waals surface area contributed by atoms with Crippen LogP contribution in [0.5, 0.6) is 0 Å². The van der Waals surface area contributed by atoms with Crippen LogP contribution in [-0.4, -0.2) is 14.8 Å². The highest BCUT2D eigenvalue weighted by atomic mass is 127. The second-order valence-electron chi connectivity index (χ2n) is 3.70. The Morgan fingerprint density at radius 2 is 2.19 bits per heavy atom. The third-order valence-electron chi connectivity index (χ3n) is 2.48. The lowest BCUT2D eigenvalue weighted by atomic mass is 10.3. The van der Waals surface area contributed by atoms with Crippen LogP contribution in [0.15, 0.2) is 5.38 Å². The number of nitrogens with two attached hydrogens (primary N) is 1. The Labute approximate surface area is 112 Å². The molecule has 86 valence electrons. The minimum Gasteiger partial charge on any atom is -0.383 e. The summed E-state index contributed by atoms with van der Waals surface area (Å²) in [6.45, 7) is 6.03. The van der Waals surface area contributed by atoms with Gasteiger partial charge in [-0.05, 0) is 43.4 Å². The molecule has 16 heavy (non-hydrogen) atoms. The normalized spacial score (nSPS) is 13.0. The van der Waals surface area contributed by atoms with E-state index in [1.165, 1.54) is 0 Å². The van der Waals surface area contributed by atoms with Crippen molar-refractivity contribution in [2.75, 3.05) is 5.73 Å². The minimum absolute atomic E-state index is 0.0900. The van der Waals surface area contributed by atoms with E-state index in [2.05, 4.69) is 45.0 Å². The third-order valence-corrected chi connectivity index (χ3v) is 4.60. The maximum atomic E-state index is 6.02. The highest BCUT2D eigenvalue weighted by molar-refractivity contribution is 14.1. The van der Waals surface area contributed by atoms with E-state index in [1.54, 1.807) is 11.3 Å². The molecule has 1 atom stereocenters. The third kappa shape index (κ3) is 1.95. The molecule has 0 saturated heterocycles. The molecule has 0 radical (unpaired) electrons. The molecule has 0 aliphatic heterocycles. The molecule has 0 aromatic carbocycles. The largest absolute Gasteiger partial charge is 0.383 e. The molecule has 0 amide bonds. The zero-order valence-electron chi connectivity index (χ0n) is 9.36. The van der Waals surface area contributed by atoms with E-state index in [-0.39, 0.29) is 6.04 Å². The molecule has 2 aromatic rings. The topological polar surface area (TPSA) is 56.7 Å². The van der Waals surface area contributed by atoms with Crippen LogP contribution in [0.1, 0.15) is 29.4 Å². The van der Waals surface area contributed by atoms with Gasteiger partial charge in [0.15, 0.2) is 0 Å². The summed E-state index contributed by atoms with van der Waals surface area (Å²) in [6.07, 6.45) is 0. The molecule has 0 aliphatic carbocycles. The van der Waals surface area contributed by atoms with E-state index >= 15 is 0 Å². The second kappa shape index (κ2) is 4.33. The van der Waals surface area contributed by atoms with Crippen molar-refractivity contribution < 1.29 is 0 Å². The Hall–Kier alpha value is -0.630. The molecule has 2 N–H and O–H groups in total. The quantitative estimate of drug-likeness (QED) is 0.849. The molecule has 2 aromatic heterocycles. The van der Waals surface area contributed by atoms with Gasteiger partial charge in [-0.15, -0.1) is 11.3 Å². The first-order chi connectivity index (χ1) is 7.50. The summed E-state index contributed by atoms with van der Waals surface area (Å²) < 4.78 is 2.86. The molecular weight excluding hydrogens is 335 g/mol. The van der Waals surface area contributed by atoms with Gasteiger partial charge in [-0.3, -0.25) is 0 Å². The van der Waals surface area contributed by atoms with Gasteiger partial charge in [0.25, 0.3) is 0 Å². The number of hydrogen-bond donors (Lipinski definition) is 1. The lowest BCUT2D eigenvalue weighted by molar-refractivity contribution is 0.557. The van der Waals surface area contributed by atoms with Crippen molar-refractivity contribution in [3.05, 3.63) is 25.3 Å². The number of halogens is 1. The van der Waals surface area contributed by atoms with Gasteiger partial charge in [-0.1, -0.05) is 0 Å². The fourth-order valence-electron chi connectivity index (χ4n) is 1.54. The van der Waals surface area contributed by atoms with Crippen LogP contribution in [-0.2, 0) is 0 Å². The second-order valence-corrected chi connectivity index (χ2v) is 5.84. The van der Waals surface area contributed by atoms with Gasteiger partial charge in [0, 0.05) is 5.38 Å². The van der Waals surface area contributed by atoms with Crippen LogP contribution in [0, 0.1) is 17.4 Å². The molecular formula is C10H13IN4S. The first-order valence-corrected chi connectivity index (χ1v) is 6.88. The van der Waals surface area contributed by atoms with Crippen molar-refractivity contribution in [1.82, 2.24) is 14.8 Å². The van der Waals surface area contributed by atoms with Gasteiger partial charge in [0.1, 0.15) is 5.82 Å². The van der Waals surface area contributed by atoms with Crippen LogP contribution in [0.2, 0.25) is 0 Å². The molecule has 0 bridgehead atoms. The Morgan fingerprint density at radius 3 is 2.62 bits per heavy atom. The van der Waals surface area contributed by atoms with Gasteiger partial charge in [0.05, 0.1) is 26.0 Å². The predicted octanol–water partition coefficient (Wildman–Crippen LogP) is 2.75. The van der Waals surface area contributed by atoms with E-state index < -0.39 is 0 Å². The van der Waals surface area contributed by atoms with E-state index in [1.807, 2.05) is 18.5 Å². The fraction of sp³-hybridized carbons (Fsp3) is 0.400. The van der Waals surface area contributed by atoms with Crippen LogP contribution >= 0.6 is 33.9 Å². The monoisotopic (exact) mass is 348 g/mol. The predicted molar refractivity (Wildman–Crippen MR) is 74.8 cm³/mol. The van der Waals surface area contributed by atoms with Gasteiger partial charge in [-0.2, -0.15) is 5.10 Å². The zero-order valence-corrected chi connectivity index (χ0v) is 12.3. The number of thiazole rings is 1. The number of aromatic nitrogens is 3. The maximum absolute atomic E-state index is 6.02. The van der Waals surface area contributed by atoms with E-state index in [4.69, 9.17) is 5.73 Å². The van der Waals surface area contributed by atoms with Crippen LogP contribution in [0.3, 0.4) is 0 Å². The fourth-order valence-corrected chi connectivity index (χ4v) is 2.59. The first kappa shape index (κ1) is 11.8. The molecule has 2 heterocycles. The molecule has 6 heteroatoms. The lowest BCUT2D eigenvalue weighted by Gasteiger charge is -2.11. The standard InChI is InChI=1S/C10H13IN4S/c1-5-9(11)10(12)15(14-5)6(2)8-4-16-7(3)13-8/h4,6H,12H2,1-3H3. The number of rotatable bonds is 2. The van der Waals surface area contributed by atoms with Gasteiger partial charge in [0.2, 0.25) is 0 Å². The molecule has 1 unspecified atom stereocenters. The SMILES string of the molecule is Cc1nc(C(C)n2nc(C)c(I)c2N)cs1. The summed E-state index contributed by atoms with van der Waals surface area (Å²) >= 11 is 3.87. The van der Waals surface area contributed by atoms with Crippen LogP contribution in [0.25, 0.3) is 0 Å². The Balaban J connectivity index is 2.41. The average Bonchev–Trinajstić information content (AvgIpc) is 2.78. The van der Waals surface area contributed by atoms with Gasteiger partial charge in [-0.25, -0.2) is 9.67 Å². The highest BCUT2D eigenvalue weighted by Crippen LogP contribution is 2.26. The summed E-state index contributed by atoms with van der Waals surface area (Å²) in [5, 5.41) is 7.57. The van der Waals surface area contributed by atoms with Gasteiger partial charge >= 0.3 is 0 Å². The maximum Gasteiger partial charge on any atom is 0.136 e. The Kier molecular flexibility index (Phi) is 3.20. The van der Waals surface area contributed by atoms with E-state index in [0.717, 1.165) is 25.8 Å². The lowest BCUT2D eigenvalue weighted by Crippen LogP contribution is -2.12. The summed E-state index contributed by atoms with van der Waals surface area (Å²) in [6, 6.07) is 0.0900. The number of aryl methyl sites for hydroxylation is 2. The zero-order chi connectivity index (χ0) is 11.9. The van der Waals surface area contributed by atoms with Crippen molar-refractivity contribution in [3.8, 4) is 0 Å². The van der Waals surface area contributed by atoms with Crippen LogP contribution < -0.4 is 5.73 Å². The Morgan fingerprint density at radius 1 is 1.50 bits per heavy atom. The first-order valence-electron chi connectivity index (χ1n) is 4.92.